The van der Waals surface area contributed by atoms with E-state index < -0.39 is 40.5 Å². The molecular weight excluding hydrogens is 285 g/mol. The first-order valence-corrected chi connectivity index (χ1v) is 4.70. The van der Waals surface area contributed by atoms with Crippen molar-refractivity contribution in [2.24, 2.45) is 0 Å². The maximum Gasteiger partial charge on any atom is 0.417 e. The van der Waals surface area contributed by atoms with Crippen LogP contribution in [-0.4, -0.2) is 18.1 Å². The Morgan fingerprint density at radius 2 is 2.00 bits per heavy atom. The average Bonchev–Trinajstić information content (AvgIpc) is 2.25. The second-order valence-corrected chi connectivity index (χ2v) is 3.41. The molecule has 0 saturated heterocycles. The highest BCUT2D eigenvalue weighted by Crippen LogP contribution is 2.36. The van der Waals surface area contributed by atoms with Crippen molar-refractivity contribution in [2.75, 3.05) is 7.11 Å². The summed E-state index contributed by atoms with van der Waals surface area (Å²) < 4.78 is 66.6. The molecule has 0 aromatic carbocycles. The number of carbonyl (C=O) groups is 1. The second kappa shape index (κ2) is 5.05. The van der Waals surface area contributed by atoms with Crippen LogP contribution in [0.5, 0.6) is 0 Å². The Labute approximate surface area is 103 Å². The van der Waals surface area contributed by atoms with Gasteiger partial charge in [-0.2, -0.15) is 13.2 Å². The lowest BCUT2D eigenvalue weighted by Gasteiger charge is -2.13. The Balaban J connectivity index is 3.55. The van der Waals surface area contributed by atoms with Gasteiger partial charge in [-0.25, -0.2) is 18.6 Å². The largest absolute Gasteiger partial charge is 0.465 e. The van der Waals surface area contributed by atoms with Crippen molar-refractivity contribution in [2.45, 2.75) is 12.6 Å². The zero-order chi connectivity index (χ0) is 14.1. The molecule has 100 valence electrons. The standard InChI is InChI=1S/C9H5ClF5NO2/c1-18-8(17)5-3(9(13,14)15)2-4(7(11)12)16-6(5)10/h2,7H,1H3. The molecule has 0 spiro atoms. The van der Waals surface area contributed by atoms with Gasteiger partial charge in [0.05, 0.1) is 12.7 Å². The lowest BCUT2D eigenvalue weighted by molar-refractivity contribution is -0.138. The number of methoxy groups -OCH3 is 1. The van der Waals surface area contributed by atoms with E-state index in [-0.39, 0.29) is 6.07 Å². The molecule has 0 aliphatic carbocycles. The summed E-state index contributed by atoms with van der Waals surface area (Å²) in [5.41, 5.74) is -3.86. The molecule has 0 saturated carbocycles. The highest BCUT2D eigenvalue weighted by atomic mass is 35.5. The molecule has 0 atom stereocenters. The van der Waals surface area contributed by atoms with Crippen LogP contribution in [0.25, 0.3) is 0 Å². The van der Waals surface area contributed by atoms with E-state index in [9.17, 15) is 26.7 Å². The van der Waals surface area contributed by atoms with Crippen LogP contribution in [0.4, 0.5) is 22.0 Å². The number of hydrogen-bond acceptors (Lipinski definition) is 3. The minimum Gasteiger partial charge on any atom is -0.465 e. The van der Waals surface area contributed by atoms with Gasteiger partial charge in [-0.1, -0.05) is 11.6 Å². The molecule has 0 N–H and O–H groups in total. The van der Waals surface area contributed by atoms with Crippen LogP contribution in [0.3, 0.4) is 0 Å². The molecule has 1 heterocycles. The van der Waals surface area contributed by atoms with Crippen molar-refractivity contribution in [3.63, 3.8) is 0 Å². The molecule has 1 aromatic heterocycles. The summed E-state index contributed by atoms with van der Waals surface area (Å²) >= 11 is 5.31. The predicted molar refractivity (Wildman–Crippen MR) is 50.5 cm³/mol. The molecule has 1 rings (SSSR count). The van der Waals surface area contributed by atoms with Gasteiger partial charge in [0.25, 0.3) is 6.43 Å². The number of rotatable bonds is 2. The fourth-order valence-electron chi connectivity index (χ4n) is 1.16. The van der Waals surface area contributed by atoms with Crippen molar-refractivity contribution in [3.05, 3.63) is 28.0 Å². The summed E-state index contributed by atoms with van der Waals surface area (Å²) in [7, 11) is 0.833. The van der Waals surface area contributed by atoms with Gasteiger partial charge in [-0.15, -0.1) is 0 Å². The van der Waals surface area contributed by atoms with E-state index in [4.69, 9.17) is 11.6 Å². The van der Waals surface area contributed by atoms with E-state index in [2.05, 4.69) is 9.72 Å². The molecule has 3 nitrogen and oxygen atoms in total. The van der Waals surface area contributed by atoms with Crippen molar-refractivity contribution < 1.29 is 31.5 Å². The van der Waals surface area contributed by atoms with Crippen LogP contribution in [-0.2, 0) is 10.9 Å². The molecule has 0 radical (unpaired) electrons. The topological polar surface area (TPSA) is 39.2 Å². The van der Waals surface area contributed by atoms with Gasteiger partial charge < -0.3 is 4.74 Å². The van der Waals surface area contributed by atoms with Gasteiger partial charge in [-0.3, -0.25) is 0 Å². The fraction of sp³-hybridized carbons (Fsp3) is 0.333. The normalized spacial score (nSPS) is 11.8. The summed E-state index contributed by atoms with van der Waals surface area (Å²) in [5, 5.41) is -0.980. The van der Waals surface area contributed by atoms with Crippen LogP contribution in [0.2, 0.25) is 5.15 Å². The smallest absolute Gasteiger partial charge is 0.417 e. The van der Waals surface area contributed by atoms with Gasteiger partial charge in [0, 0.05) is 0 Å². The number of hydrogen-bond donors (Lipinski definition) is 0. The first-order valence-electron chi connectivity index (χ1n) is 4.32. The van der Waals surface area contributed by atoms with E-state index in [0.29, 0.717) is 0 Å². The monoisotopic (exact) mass is 289 g/mol. The zero-order valence-corrected chi connectivity index (χ0v) is 9.44. The Bertz CT molecular complexity index is 475. The lowest BCUT2D eigenvalue weighted by Crippen LogP contribution is -2.17. The third kappa shape index (κ3) is 2.87. The molecule has 0 fully saturated rings. The molecule has 9 heteroatoms. The third-order valence-corrected chi connectivity index (χ3v) is 2.19. The molecular formula is C9H5ClF5NO2. The Hall–Kier alpha value is -1.44. The van der Waals surface area contributed by atoms with Gasteiger partial charge in [0.1, 0.15) is 16.4 Å². The third-order valence-electron chi connectivity index (χ3n) is 1.91. The van der Waals surface area contributed by atoms with Gasteiger partial charge >= 0.3 is 12.1 Å². The van der Waals surface area contributed by atoms with Crippen molar-refractivity contribution >= 4 is 17.6 Å². The Kier molecular flexibility index (Phi) is 4.10. The molecule has 0 unspecified atom stereocenters. The number of alkyl halides is 5. The number of halogens is 6. The van der Waals surface area contributed by atoms with E-state index >= 15 is 0 Å². The Morgan fingerprint density at radius 3 is 2.39 bits per heavy atom. The van der Waals surface area contributed by atoms with Crippen LogP contribution in [0.1, 0.15) is 28.0 Å². The van der Waals surface area contributed by atoms with Crippen molar-refractivity contribution in [3.8, 4) is 0 Å². The number of carbonyl (C=O) groups excluding carboxylic acids is 1. The highest BCUT2D eigenvalue weighted by Gasteiger charge is 2.38. The van der Waals surface area contributed by atoms with Crippen LogP contribution in [0.15, 0.2) is 6.07 Å². The predicted octanol–water partition coefficient (Wildman–Crippen LogP) is 3.48. The quantitative estimate of drug-likeness (QED) is 0.475. The zero-order valence-electron chi connectivity index (χ0n) is 8.69. The summed E-state index contributed by atoms with van der Waals surface area (Å²) in [6, 6.07) is 0.0722. The van der Waals surface area contributed by atoms with E-state index in [1.54, 1.807) is 0 Å². The number of aromatic nitrogens is 1. The molecule has 0 bridgehead atoms. The highest BCUT2D eigenvalue weighted by molar-refractivity contribution is 6.32. The minimum absolute atomic E-state index is 0.0722. The summed E-state index contributed by atoms with van der Waals surface area (Å²) in [4.78, 5) is 14.2. The van der Waals surface area contributed by atoms with Gasteiger partial charge in [0.2, 0.25) is 0 Å². The first kappa shape index (κ1) is 14.6. The first-order chi connectivity index (χ1) is 8.18. The van der Waals surface area contributed by atoms with Crippen molar-refractivity contribution in [1.82, 2.24) is 4.98 Å². The van der Waals surface area contributed by atoms with Gasteiger partial charge in [-0.05, 0) is 6.07 Å². The summed E-state index contributed by atoms with van der Waals surface area (Å²) in [5.74, 6) is -1.40. The van der Waals surface area contributed by atoms with Crippen molar-refractivity contribution in [1.29, 1.82) is 0 Å². The fourth-order valence-corrected chi connectivity index (χ4v) is 1.44. The Morgan fingerprint density at radius 1 is 1.44 bits per heavy atom. The van der Waals surface area contributed by atoms with E-state index in [1.807, 2.05) is 0 Å². The number of esters is 1. The molecule has 1 aromatic rings. The molecule has 18 heavy (non-hydrogen) atoms. The van der Waals surface area contributed by atoms with E-state index in [0.717, 1.165) is 7.11 Å². The number of pyridine rings is 1. The summed E-state index contributed by atoms with van der Waals surface area (Å²) in [6.07, 6.45) is -8.27. The van der Waals surface area contributed by atoms with Gasteiger partial charge in [0.15, 0.2) is 0 Å². The van der Waals surface area contributed by atoms with Crippen LogP contribution < -0.4 is 0 Å². The molecule has 0 aliphatic heterocycles. The number of ether oxygens (including phenoxy) is 1. The minimum atomic E-state index is -5.03. The van der Waals surface area contributed by atoms with Crippen LogP contribution in [0, 0.1) is 0 Å². The second-order valence-electron chi connectivity index (χ2n) is 3.05. The summed E-state index contributed by atoms with van der Waals surface area (Å²) in [6.45, 7) is 0. The van der Waals surface area contributed by atoms with Crippen LogP contribution >= 0.6 is 11.6 Å². The maximum absolute atomic E-state index is 12.6. The average molecular weight is 290 g/mol. The lowest BCUT2D eigenvalue weighted by atomic mass is 10.1. The molecule has 0 amide bonds. The van der Waals surface area contributed by atoms with E-state index in [1.165, 1.54) is 0 Å². The molecule has 0 aliphatic rings. The SMILES string of the molecule is COC(=O)c1c(C(F)(F)F)cc(C(F)F)nc1Cl. The maximum atomic E-state index is 12.6. The number of nitrogens with zero attached hydrogens (tertiary/aromatic N) is 1.